The van der Waals surface area contributed by atoms with E-state index in [1.807, 2.05) is 35.3 Å². The van der Waals surface area contributed by atoms with E-state index in [1.54, 1.807) is 11.8 Å². The van der Waals surface area contributed by atoms with Crippen LogP contribution in [0.5, 0.6) is 0 Å². The highest BCUT2D eigenvalue weighted by Gasteiger charge is 2.14. The summed E-state index contributed by atoms with van der Waals surface area (Å²) in [6.07, 6.45) is 6.05. The van der Waals surface area contributed by atoms with Gasteiger partial charge in [0.25, 0.3) is 0 Å². The molecule has 4 nitrogen and oxygen atoms in total. The predicted octanol–water partition coefficient (Wildman–Crippen LogP) is 5.64. The van der Waals surface area contributed by atoms with Gasteiger partial charge in [0.2, 0.25) is 0 Å². The molecule has 27 heavy (non-hydrogen) atoms. The molecule has 5 heteroatoms. The summed E-state index contributed by atoms with van der Waals surface area (Å²) in [4.78, 5) is 4.67. The minimum atomic E-state index is -0.0117. The Morgan fingerprint density at radius 3 is 2.33 bits per heavy atom. The molecule has 3 rings (SSSR count). The molecule has 0 spiro atoms. The van der Waals surface area contributed by atoms with Crippen molar-refractivity contribution in [3.05, 3.63) is 72.6 Å². The molecule has 0 fully saturated rings. The van der Waals surface area contributed by atoms with Gasteiger partial charge < -0.3 is 5.32 Å². The number of benzene rings is 2. The Labute approximate surface area is 165 Å². The normalized spacial score (nSPS) is 12.2. The van der Waals surface area contributed by atoms with Crippen molar-refractivity contribution >= 4 is 22.6 Å². The maximum absolute atomic E-state index is 4.67. The molecule has 0 saturated heterocycles. The molecule has 2 aromatic carbocycles. The van der Waals surface area contributed by atoms with Gasteiger partial charge in [0.1, 0.15) is 0 Å². The molecular formula is C22H26N4S. The van der Waals surface area contributed by atoms with E-state index in [4.69, 9.17) is 0 Å². The Morgan fingerprint density at radius 1 is 1.04 bits per heavy atom. The summed E-state index contributed by atoms with van der Waals surface area (Å²) in [6.45, 7) is 7.12. The van der Waals surface area contributed by atoms with Crippen molar-refractivity contribution in [2.75, 3.05) is 11.6 Å². The van der Waals surface area contributed by atoms with E-state index >= 15 is 0 Å². The third-order valence-electron chi connectivity index (χ3n) is 4.18. The lowest BCUT2D eigenvalue weighted by Gasteiger charge is -2.18. The number of hydrogen-bond acceptors (Lipinski definition) is 3. The van der Waals surface area contributed by atoms with Crippen molar-refractivity contribution in [1.82, 2.24) is 9.78 Å². The van der Waals surface area contributed by atoms with Crippen molar-refractivity contribution in [3.63, 3.8) is 0 Å². The van der Waals surface area contributed by atoms with Crippen molar-refractivity contribution < 1.29 is 0 Å². The second-order valence-electron chi connectivity index (χ2n) is 7.36. The Kier molecular flexibility index (Phi) is 6.01. The van der Waals surface area contributed by atoms with E-state index in [9.17, 15) is 0 Å². The summed E-state index contributed by atoms with van der Waals surface area (Å²) in [6, 6.07) is 18.7. The van der Waals surface area contributed by atoms with Crippen molar-refractivity contribution in [2.24, 2.45) is 4.99 Å². The summed E-state index contributed by atoms with van der Waals surface area (Å²) in [5.74, 6) is 0. The zero-order chi connectivity index (χ0) is 19.3. The Bertz CT molecular complexity index is 890. The Balaban J connectivity index is 1.68. The van der Waals surface area contributed by atoms with Gasteiger partial charge in [-0.3, -0.25) is 9.67 Å². The van der Waals surface area contributed by atoms with Crippen LogP contribution in [0.25, 0.3) is 11.1 Å². The molecule has 0 atom stereocenters. The predicted molar refractivity (Wildman–Crippen MR) is 117 cm³/mol. The number of nitrogens with one attached hydrogen (secondary N) is 1. The first kappa shape index (κ1) is 19.2. The van der Waals surface area contributed by atoms with E-state index in [2.05, 4.69) is 78.8 Å². The van der Waals surface area contributed by atoms with Crippen molar-refractivity contribution in [2.45, 2.75) is 32.9 Å². The third kappa shape index (κ3) is 5.23. The van der Waals surface area contributed by atoms with Gasteiger partial charge in [-0.1, -0.05) is 54.2 Å². The number of hydrogen-bond donors (Lipinski definition) is 1. The van der Waals surface area contributed by atoms with Crippen LogP contribution in [-0.2, 0) is 12.1 Å². The van der Waals surface area contributed by atoms with E-state index in [1.165, 1.54) is 5.56 Å². The minimum absolute atomic E-state index is 0.0117. The standard InChI is InChI=1S/C22H26N4S/c1-22(2,3)26-16-19(15-24-26)18-10-12-20(13-11-18)25-21(27-4)23-14-17-8-6-5-7-9-17/h5-13,15-16H,14H2,1-4H3,(H,23,25). The molecule has 1 N–H and O–H groups in total. The highest BCUT2D eigenvalue weighted by atomic mass is 32.2. The molecule has 0 radical (unpaired) electrons. The molecule has 0 saturated carbocycles. The minimum Gasteiger partial charge on any atom is -0.335 e. The highest BCUT2D eigenvalue weighted by Crippen LogP contribution is 2.24. The van der Waals surface area contributed by atoms with Crippen LogP contribution in [-0.4, -0.2) is 21.2 Å². The average molecular weight is 379 g/mol. The van der Waals surface area contributed by atoms with Gasteiger partial charge in [0.15, 0.2) is 5.17 Å². The lowest BCUT2D eigenvalue weighted by molar-refractivity contribution is 0.355. The van der Waals surface area contributed by atoms with E-state index in [0.717, 1.165) is 22.0 Å². The first-order valence-corrected chi connectivity index (χ1v) is 10.2. The molecule has 0 bridgehead atoms. The molecule has 1 heterocycles. The molecular weight excluding hydrogens is 352 g/mol. The van der Waals surface area contributed by atoms with E-state index < -0.39 is 0 Å². The molecule has 140 valence electrons. The molecule has 3 aromatic rings. The van der Waals surface area contributed by atoms with Gasteiger partial charge in [0.05, 0.1) is 18.3 Å². The first-order valence-electron chi connectivity index (χ1n) is 9.01. The van der Waals surface area contributed by atoms with Gasteiger partial charge in [0, 0.05) is 17.4 Å². The highest BCUT2D eigenvalue weighted by molar-refractivity contribution is 8.13. The second kappa shape index (κ2) is 8.44. The van der Waals surface area contributed by atoms with Crippen molar-refractivity contribution in [1.29, 1.82) is 0 Å². The maximum Gasteiger partial charge on any atom is 0.161 e. The zero-order valence-electron chi connectivity index (χ0n) is 16.3. The van der Waals surface area contributed by atoms with Gasteiger partial charge in [-0.05, 0) is 50.3 Å². The summed E-state index contributed by atoms with van der Waals surface area (Å²) in [5, 5.41) is 8.79. The SMILES string of the molecule is CSC(=NCc1ccccc1)Nc1ccc(-c2cnn(C(C)(C)C)c2)cc1. The molecule has 0 aliphatic heterocycles. The number of anilines is 1. The van der Waals surface area contributed by atoms with Crippen LogP contribution in [0.2, 0.25) is 0 Å². The van der Waals surface area contributed by atoms with Crippen molar-refractivity contribution in [3.8, 4) is 11.1 Å². The second-order valence-corrected chi connectivity index (χ2v) is 8.15. The molecule has 1 aromatic heterocycles. The fourth-order valence-corrected chi connectivity index (χ4v) is 3.02. The molecule has 0 aliphatic carbocycles. The summed E-state index contributed by atoms with van der Waals surface area (Å²) < 4.78 is 2.00. The van der Waals surface area contributed by atoms with Crippen LogP contribution in [0.1, 0.15) is 26.3 Å². The van der Waals surface area contributed by atoms with Gasteiger partial charge in [-0.25, -0.2) is 0 Å². The van der Waals surface area contributed by atoms with Gasteiger partial charge in [-0.2, -0.15) is 5.10 Å². The van der Waals surface area contributed by atoms with Crippen LogP contribution < -0.4 is 5.32 Å². The van der Waals surface area contributed by atoms with Gasteiger partial charge >= 0.3 is 0 Å². The maximum atomic E-state index is 4.67. The quantitative estimate of drug-likeness (QED) is 0.472. The lowest BCUT2D eigenvalue weighted by Crippen LogP contribution is -2.21. The number of rotatable bonds is 4. The number of aliphatic imine (C=N–C) groups is 1. The number of aromatic nitrogens is 2. The van der Waals surface area contributed by atoms with Crippen LogP contribution >= 0.6 is 11.8 Å². The smallest absolute Gasteiger partial charge is 0.161 e. The first-order chi connectivity index (χ1) is 13.0. The monoisotopic (exact) mass is 378 g/mol. The number of amidine groups is 1. The Hall–Kier alpha value is -2.53. The fraction of sp³-hybridized carbons (Fsp3) is 0.273. The van der Waals surface area contributed by atoms with Gasteiger partial charge in [-0.15, -0.1) is 0 Å². The molecule has 0 aliphatic rings. The summed E-state index contributed by atoms with van der Waals surface area (Å²) in [5.41, 5.74) is 4.50. The topological polar surface area (TPSA) is 42.2 Å². The molecule has 0 unspecified atom stereocenters. The summed E-state index contributed by atoms with van der Waals surface area (Å²) >= 11 is 1.62. The van der Waals surface area contributed by atoms with Crippen LogP contribution in [0, 0.1) is 0 Å². The molecule has 0 amide bonds. The number of thioether (sulfide) groups is 1. The zero-order valence-corrected chi connectivity index (χ0v) is 17.1. The van der Waals surface area contributed by atoms with E-state index in [0.29, 0.717) is 6.54 Å². The third-order valence-corrected chi connectivity index (χ3v) is 4.80. The number of nitrogens with zero attached hydrogens (tertiary/aromatic N) is 3. The average Bonchev–Trinajstić information content (AvgIpc) is 3.17. The summed E-state index contributed by atoms with van der Waals surface area (Å²) in [7, 11) is 0. The Morgan fingerprint density at radius 2 is 1.74 bits per heavy atom. The van der Waals surface area contributed by atoms with Crippen LogP contribution in [0.4, 0.5) is 5.69 Å². The lowest BCUT2D eigenvalue weighted by atomic mass is 10.1. The van der Waals surface area contributed by atoms with Crippen LogP contribution in [0.15, 0.2) is 72.0 Å². The fourth-order valence-electron chi connectivity index (χ4n) is 2.61. The van der Waals surface area contributed by atoms with E-state index in [-0.39, 0.29) is 5.54 Å². The largest absolute Gasteiger partial charge is 0.335 e. The van der Waals surface area contributed by atoms with Crippen LogP contribution in [0.3, 0.4) is 0 Å².